The highest BCUT2D eigenvalue weighted by atomic mass is 16.5. The molecule has 0 saturated heterocycles. The van der Waals surface area contributed by atoms with E-state index in [1.165, 1.54) is 0 Å². The summed E-state index contributed by atoms with van der Waals surface area (Å²) in [6.45, 7) is 5.05. The lowest BCUT2D eigenvalue weighted by Crippen LogP contribution is -2.39. The summed E-state index contributed by atoms with van der Waals surface area (Å²) in [6.07, 6.45) is 0. The monoisotopic (exact) mass is 250 g/mol. The van der Waals surface area contributed by atoms with Crippen molar-refractivity contribution < 1.29 is 9.53 Å². The van der Waals surface area contributed by atoms with Gasteiger partial charge in [-0.1, -0.05) is 12.1 Å². The van der Waals surface area contributed by atoms with Crippen LogP contribution in [-0.2, 0) is 11.3 Å². The maximum absolute atomic E-state index is 11.7. The largest absolute Gasteiger partial charge is 0.497 e. The van der Waals surface area contributed by atoms with E-state index in [1.54, 1.807) is 12.0 Å². The first-order chi connectivity index (χ1) is 8.54. The van der Waals surface area contributed by atoms with Crippen molar-refractivity contribution in [3.63, 3.8) is 0 Å². The van der Waals surface area contributed by atoms with Gasteiger partial charge in [-0.2, -0.15) is 0 Å². The second kappa shape index (κ2) is 7.01. The number of benzene rings is 1. The molecule has 100 valence electrons. The summed E-state index contributed by atoms with van der Waals surface area (Å²) in [7, 11) is 3.47. The smallest absolute Gasteiger partial charge is 0.236 e. The van der Waals surface area contributed by atoms with Crippen LogP contribution in [0.25, 0.3) is 0 Å². The van der Waals surface area contributed by atoms with Gasteiger partial charge in [-0.15, -0.1) is 0 Å². The fourth-order valence-electron chi connectivity index (χ4n) is 1.47. The Morgan fingerprint density at radius 1 is 1.33 bits per heavy atom. The number of hydrogen-bond donors (Lipinski definition) is 1. The predicted molar refractivity (Wildman–Crippen MR) is 72.6 cm³/mol. The molecule has 0 fully saturated rings. The lowest BCUT2D eigenvalue weighted by Gasteiger charge is -2.21. The predicted octanol–water partition coefficient (Wildman–Crippen LogP) is 1.65. The van der Waals surface area contributed by atoms with Crippen molar-refractivity contribution in [3.05, 3.63) is 29.8 Å². The van der Waals surface area contributed by atoms with Gasteiger partial charge >= 0.3 is 0 Å². The summed E-state index contributed by atoms with van der Waals surface area (Å²) in [6, 6.07) is 8.04. The summed E-state index contributed by atoms with van der Waals surface area (Å²) < 4.78 is 5.09. The van der Waals surface area contributed by atoms with Crippen LogP contribution in [0.4, 0.5) is 0 Å². The molecule has 0 radical (unpaired) electrons. The molecular weight excluding hydrogens is 228 g/mol. The number of nitrogens with zero attached hydrogens (tertiary/aromatic N) is 1. The Morgan fingerprint density at radius 2 is 1.94 bits per heavy atom. The van der Waals surface area contributed by atoms with Gasteiger partial charge < -0.3 is 15.0 Å². The minimum Gasteiger partial charge on any atom is -0.497 e. The van der Waals surface area contributed by atoms with Crippen molar-refractivity contribution in [2.75, 3.05) is 20.7 Å². The van der Waals surface area contributed by atoms with Gasteiger partial charge in [-0.05, 0) is 31.5 Å². The molecule has 0 spiro atoms. The Bertz CT molecular complexity index is 374. The molecule has 0 unspecified atom stereocenters. The van der Waals surface area contributed by atoms with E-state index in [2.05, 4.69) is 5.32 Å². The van der Waals surface area contributed by atoms with E-state index in [0.717, 1.165) is 11.3 Å². The second-order valence-electron chi connectivity index (χ2n) is 4.55. The van der Waals surface area contributed by atoms with Crippen LogP contribution in [0.1, 0.15) is 19.4 Å². The fourth-order valence-corrected chi connectivity index (χ4v) is 1.47. The van der Waals surface area contributed by atoms with E-state index in [4.69, 9.17) is 4.74 Å². The minimum atomic E-state index is 0.110. The first kappa shape index (κ1) is 14.5. The third-order valence-corrected chi connectivity index (χ3v) is 2.93. The van der Waals surface area contributed by atoms with Crippen LogP contribution in [0, 0.1) is 0 Å². The van der Waals surface area contributed by atoms with Gasteiger partial charge in [0, 0.05) is 19.6 Å². The minimum absolute atomic E-state index is 0.110. The van der Waals surface area contributed by atoms with E-state index in [0.29, 0.717) is 13.1 Å². The normalized spacial score (nSPS) is 10.5. The van der Waals surface area contributed by atoms with Crippen molar-refractivity contribution in [1.29, 1.82) is 0 Å². The van der Waals surface area contributed by atoms with E-state index >= 15 is 0 Å². The number of carbonyl (C=O) groups excluding carboxylic acids is 1. The molecule has 1 aromatic carbocycles. The SMILES string of the molecule is COc1ccc(CNCC(=O)N(C)C(C)C)cc1. The molecule has 0 aromatic heterocycles. The molecule has 1 amide bonds. The second-order valence-corrected chi connectivity index (χ2v) is 4.55. The number of methoxy groups -OCH3 is 1. The summed E-state index contributed by atoms with van der Waals surface area (Å²) in [5, 5.41) is 3.14. The quantitative estimate of drug-likeness (QED) is 0.834. The Morgan fingerprint density at radius 3 is 2.44 bits per heavy atom. The van der Waals surface area contributed by atoms with Crippen molar-refractivity contribution in [2.24, 2.45) is 0 Å². The lowest BCUT2D eigenvalue weighted by atomic mass is 10.2. The zero-order valence-corrected chi connectivity index (χ0v) is 11.6. The van der Waals surface area contributed by atoms with Crippen LogP contribution in [0.2, 0.25) is 0 Å². The van der Waals surface area contributed by atoms with E-state index in [-0.39, 0.29) is 11.9 Å². The number of likely N-dealkylation sites (N-methyl/N-ethyl adjacent to an activating group) is 1. The first-order valence-corrected chi connectivity index (χ1v) is 6.14. The highest BCUT2D eigenvalue weighted by Gasteiger charge is 2.10. The number of rotatable bonds is 6. The average Bonchev–Trinajstić information content (AvgIpc) is 2.38. The van der Waals surface area contributed by atoms with Crippen LogP contribution in [-0.4, -0.2) is 37.6 Å². The summed E-state index contributed by atoms with van der Waals surface area (Å²) in [4.78, 5) is 13.5. The number of amides is 1. The molecule has 0 aliphatic heterocycles. The number of ether oxygens (including phenoxy) is 1. The highest BCUT2D eigenvalue weighted by Crippen LogP contribution is 2.10. The van der Waals surface area contributed by atoms with E-state index < -0.39 is 0 Å². The van der Waals surface area contributed by atoms with Gasteiger partial charge in [-0.3, -0.25) is 4.79 Å². The number of nitrogens with one attached hydrogen (secondary N) is 1. The standard InChI is InChI=1S/C14H22N2O2/c1-11(2)16(3)14(17)10-15-9-12-5-7-13(18-4)8-6-12/h5-8,11,15H,9-10H2,1-4H3. The van der Waals surface area contributed by atoms with Gasteiger partial charge in [0.1, 0.15) is 5.75 Å². The third-order valence-electron chi connectivity index (χ3n) is 2.93. The third kappa shape index (κ3) is 4.37. The Balaban J connectivity index is 2.35. The van der Waals surface area contributed by atoms with E-state index in [9.17, 15) is 4.79 Å². The van der Waals surface area contributed by atoms with Crippen molar-refractivity contribution >= 4 is 5.91 Å². The molecule has 0 aliphatic rings. The Hall–Kier alpha value is -1.55. The highest BCUT2D eigenvalue weighted by molar-refractivity contribution is 5.78. The lowest BCUT2D eigenvalue weighted by molar-refractivity contribution is -0.130. The van der Waals surface area contributed by atoms with Gasteiger partial charge in [0.15, 0.2) is 0 Å². The molecule has 0 aliphatic carbocycles. The Kier molecular flexibility index (Phi) is 5.65. The van der Waals surface area contributed by atoms with Crippen LogP contribution in [0.3, 0.4) is 0 Å². The van der Waals surface area contributed by atoms with Crippen molar-refractivity contribution in [2.45, 2.75) is 26.4 Å². The first-order valence-electron chi connectivity index (χ1n) is 6.14. The number of carbonyl (C=O) groups is 1. The van der Waals surface area contributed by atoms with Crippen LogP contribution < -0.4 is 10.1 Å². The molecule has 4 heteroatoms. The average molecular weight is 250 g/mol. The molecular formula is C14H22N2O2. The number of hydrogen-bond acceptors (Lipinski definition) is 3. The molecule has 1 rings (SSSR count). The Labute approximate surface area is 109 Å². The van der Waals surface area contributed by atoms with Gasteiger partial charge in [-0.25, -0.2) is 0 Å². The molecule has 4 nitrogen and oxygen atoms in total. The van der Waals surface area contributed by atoms with Crippen molar-refractivity contribution in [3.8, 4) is 5.75 Å². The van der Waals surface area contributed by atoms with E-state index in [1.807, 2.05) is 45.2 Å². The fraction of sp³-hybridized carbons (Fsp3) is 0.500. The molecule has 1 aromatic rings. The molecule has 0 heterocycles. The molecule has 0 atom stereocenters. The van der Waals surface area contributed by atoms with Crippen LogP contribution in [0.5, 0.6) is 5.75 Å². The summed E-state index contributed by atoms with van der Waals surface area (Å²) in [5.74, 6) is 0.952. The van der Waals surface area contributed by atoms with Crippen LogP contribution in [0.15, 0.2) is 24.3 Å². The summed E-state index contributed by atoms with van der Waals surface area (Å²) in [5.41, 5.74) is 1.14. The van der Waals surface area contributed by atoms with Gasteiger partial charge in [0.2, 0.25) is 5.91 Å². The maximum Gasteiger partial charge on any atom is 0.236 e. The van der Waals surface area contributed by atoms with Gasteiger partial charge in [0.05, 0.1) is 13.7 Å². The molecule has 18 heavy (non-hydrogen) atoms. The van der Waals surface area contributed by atoms with Crippen LogP contribution >= 0.6 is 0 Å². The maximum atomic E-state index is 11.7. The van der Waals surface area contributed by atoms with Crippen molar-refractivity contribution in [1.82, 2.24) is 10.2 Å². The molecule has 0 bridgehead atoms. The zero-order chi connectivity index (χ0) is 13.5. The summed E-state index contributed by atoms with van der Waals surface area (Å²) >= 11 is 0. The topological polar surface area (TPSA) is 41.6 Å². The van der Waals surface area contributed by atoms with Gasteiger partial charge in [0.25, 0.3) is 0 Å². The molecule has 0 saturated carbocycles. The molecule has 1 N–H and O–H groups in total. The zero-order valence-electron chi connectivity index (χ0n) is 11.6.